The summed E-state index contributed by atoms with van der Waals surface area (Å²) >= 11 is 1.56. The van der Waals surface area contributed by atoms with Gasteiger partial charge in [0.25, 0.3) is 0 Å². The number of anilines is 1. The van der Waals surface area contributed by atoms with Crippen molar-refractivity contribution in [3.05, 3.63) is 10.6 Å². The van der Waals surface area contributed by atoms with Crippen molar-refractivity contribution >= 4 is 22.4 Å². The number of carbonyl (C=O) groups excluding carboxylic acids is 1. The smallest absolute Gasteiger partial charge is 0.240 e. The highest BCUT2D eigenvalue weighted by Gasteiger charge is 2.23. The van der Waals surface area contributed by atoms with Crippen LogP contribution < -0.4 is 5.32 Å². The molecule has 112 valence electrons. The van der Waals surface area contributed by atoms with Crippen LogP contribution >= 0.6 is 11.3 Å². The lowest BCUT2D eigenvalue weighted by Crippen LogP contribution is -2.52. The van der Waals surface area contributed by atoms with E-state index >= 15 is 0 Å². The third-order valence-electron chi connectivity index (χ3n) is 3.79. The minimum absolute atomic E-state index is 0.0396. The molecule has 0 spiro atoms. The molecule has 1 fully saturated rings. The molecule has 2 heterocycles. The topological polar surface area (TPSA) is 48.5 Å². The van der Waals surface area contributed by atoms with E-state index in [0.29, 0.717) is 12.6 Å². The third kappa shape index (κ3) is 3.77. The highest BCUT2D eigenvalue weighted by molar-refractivity contribution is 7.15. The molecule has 1 atom stereocenters. The van der Waals surface area contributed by atoms with E-state index in [-0.39, 0.29) is 5.91 Å². The number of amides is 1. The van der Waals surface area contributed by atoms with E-state index in [1.807, 2.05) is 0 Å². The van der Waals surface area contributed by atoms with Crippen molar-refractivity contribution in [2.24, 2.45) is 0 Å². The number of rotatable bonds is 4. The van der Waals surface area contributed by atoms with Gasteiger partial charge in [0.05, 0.1) is 12.2 Å². The minimum atomic E-state index is 0.0396. The standard InChI is InChI=1S/C14H24N4OS/c1-5-12-11(3)20-14(15-12)16-13(19)9-18-7-6-17(4)8-10(18)2/h10H,5-9H2,1-4H3,(H,15,16,19)/t10-/m1/s1. The maximum Gasteiger partial charge on any atom is 0.240 e. The Labute approximate surface area is 125 Å². The van der Waals surface area contributed by atoms with Gasteiger partial charge in [-0.1, -0.05) is 6.92 Å². The summed E-state index contributed by atoms with van der Waals surface area (Å²) in [5.74, 6) is 0.0396. The van der Waals surface area contributed by atoms with Crippen LogP contribution in [0, 0.1) is 6.92 Å². The van der Waals surface area contributed by atoms with Crippen LogP contribution in [0.5, 0.6) is 0 Å². The Bertz CT molecular complexity index is 474. The number of thiazole rings is 1. The number of nitrogens with zero attached hydrogens (tertiary/aromatic N) is 3. The first-order chi connectivity index (χ1) is 9.49. The zero-order valence-electron chi connectivity index (χ0n) is 12.8. The van der Waals surface area contributed by atoms with E-state index in [9.17, 15) is 4.79 Å². The van der Waals surface area contributed by atoms with Crippen molar-refractivity contribution in [3.8, 4) is 0 Å². The quantitative estimate of drug-likeness (QED) is 0.916. The number of aryl methyl sites for hydroxylation is 2. The molecule has 2 rings (SSSR count). The Morgan fingerprint density at radius 2 is 2.25 bits per heavy atom. The van der Waals surface area contributed by atoms with Gasteiger partial charge in [-0.15, -0.1) is 11.3 Å². The zero-order valence-corrected chi connectivity index (χ0v) is 13.6. The molecule has 0 unspecified atom stereocenters. The lowest BCUT2D eigenvalue weighted by Gasteiger charge is -2.37. The molecule has 1 N–H and O–H groups in total. The van der Waals surface area contributed by atoms with Gasteiger partial charge in [-0.25, -0.2) is 4.98 Å². The number of hydrogen-bond acceptors (Lipinski definition) is 5. The summed E-state index contributed by atoms with van der Waals surface area (Å²) in [6, 6.07) is 0.420. The molecule has 0 aromatic carbocycles. The van der Waals surface area contributed by atoms with Gasteiger partial charge in [0, 0.05) is 30.6 Å². The van der Waals surface area contributed by atoms with Gasteiger partial charge in [0.1, 0.15) is 0 Å². The summed E-state index contributed by atoms with van der Waals surface area (Å²) in [5.41, 5.74) is 1.08. The predicted octanol–water partition coefficient (Wildman–Crippen LogP) is 1.59. The van der Waals surface area contributed by atoms with Gasteiger partial charge in [-0.05, 0) is 27.3 Å². The van der Waals surface area contributed by atoms with Crippen LogP contribution in [-0.2, 0) is 11.2 Å². The van der Waals surface area contributed by atoms with Crippen LogP contribution in [-0.4, -0.2) is 60.0 Å². The second kappa shape index (κ2) is 6.65. The number of hydrogen-bond donors (Lipinski definition) is 1. The van der Waals surface area contributed by atoms with Crippen LogP contribution in [0.3, 0.4) is 0 Å². The van der Waals surface area contributed by atoms with E-state index in [1.165, 1.54) is 4.88 Å². The van der Waals surface area contributed by atoms with Crippen LogP contribution in [0.15, 0.2) is 0 Å². The lowest BCUT2D eigenvalue weighted by atomic mass is 10.2. The molecule has 0 radical (unpaired) electrons. The molecule has 0 aliphatic carbocycles. The first kappa shape index (κ1) is 15.4. The van der Waals surface area contributed by atoms with Gasteiger partial charge in [0.2, 0.25) is 5.91 Å². The number of nitrogens with one attached hydrogen (secondary N) is 1. The zero-order chi connectivity index (χ0) is 14.7. The fourth-order valence-electron chi connectivity index (χ4n) is 2.57. The fourth-order valence-corrected chi connectivity index (χ4v) is 3.48. The first-order valence-electron chi connectivity index (χ1n) is 7.18. The van der Waals surface area contributed by atoms with E-state index in [2.05, 4.69) is 47.9 Å². The van der Waals surface area contributed by atoms with Crippen molar-refractivity contribution in [1.29, 1.82) is 0 Å². The molecule has 20 heavy (non-hydrogen) atoms. The predicted molar refractivity (Wildman–Crippen MR) is 83.4 cm³/mol. The van der Waals surface area contributed by atoms with Crippen LogP contribution in [0.1, 0.15) is 24.4 Å². The number of aromatic nitrogens is 1. The van der Waals surface area contributed by atoms with Gasteiger partial charge in [0.15, 0.2) is 5.13 Å². The molecule has 6 heteroatoms. The Morgan fingerprint density at radius 3 is 2.85 bits per heavy atom. The van der Waals surface area contributed by atoms with Crippen LogP contribution in [0.4, 0.5) is 5.13 Å². The molecule has 1 saturated heterocycles. The Hall–Kier alpha value is -0.980. The molecule has 0 saturated carbocycles. The molecule has 1 aliphatic heterocycles. The van der Waals surface area contributed by atoms with Crippen LogP contribution in [0.2, 0.25) is 0 Å². The SMILES string of the molecule is CCc1nc(NC(=O)CN2CCN(C)C[C@H]2C)sc1C. The Kier molecular flexibility index (Phi) is 5.12. The largest absolute Gasteiger partial charge is 0.304 e. The van der Waals surface area contributed by atoms with Crippen LogP contribution in [0.25, 0.3) is 0 Å². The Balaban J connectivity index is 1.88. The van der Waals surface area contributed by atoms with E-state index in [1.54, 1.807) is 11.3 Å². The minimum Gasteiger partial charge on any atom is -0.304 e. The summed E-state index contributed by atoms with van der Waals surface area (Å²) < 4.78 is 0. The third-order valence-corrected chi connectivity index (χ3v) is 4.72. The molecule has 1 aliphatic rings. The van der Waals surface area contributed by atoms with Gasteiger partial charge >= 0.3 is 0 Å². The fraction of sp³-hybridized carbons (Fsp3) is 0.714. The summed E-state index contributed by atoms with van der Waals surface area (Å²) in [5, 5.41) is 3.66. The summed E-state index contributed by atoms with van der Waals surface area (Å²) in [6.07, 6.45) is 0.910. The van der Waals surface area contributed by atoms with Crippen molar-refractivity contribution in [2.75, 3.05) is 38.5 Å². The Morgan fingerprint density at radius 1 is 1.50 bits per heavy atom. The highest BCUT2D eigenvalue weighted by Crippen LogP contribution is 2.22. The van der Waals surface area contributed by atoms with E-state index < -0.39 is 0 Å². The van der Waals surface area contributed by atoms with Crippen molar-refractivity contribution < 1.29 is 4.79 Å². The first-order valence-corrected chi connectivity index (χ1v) is 8.00. The van der Waals surface area contributed by atoms with Crippen molar-refractivity contribution in [2.45, 2.75) is 33.2 Å². The summed E-state index contributed by atoms with van der Waals surface area (Å²) in [4.78, 5) is 22.3. The molecule has 1 aromatic rings. The summed E-state index contributed by atoms with van der Waals surface area (Å²) in [7, 11) is 2.12. The van der Waals surface area contributed by atoms with E-state index in [0.717, 1.165) is 36.9 Å². The number of piperazine rings is 1. The van der Waals surface area contributed by atoms with Gasteiger partial charge < -0.3 is 10.2 Å². The number of carbonyl (C=O) groups is 1. The monoisotopic (exact) mass is 296 g/mol. The highest BCUT2D eigenvalue weighted by atomic mass is 32.1. The molecular weight excluding hydrogens is 272 g/mol. The average Bonchev–Trinajstić information content (AvgIpc) is 2.73. The molecule has 5 nitrogen and oxygen atoms in total. The maximum absolute atomic E-state index is 12.1. The second-order valence-electron chi connectivity index (χ2n) is 5.51. The van der Waals surface area contributed by atoms with E-state index in [4.69, 9.17) is 0 Å². The maximum atomic E-state index is 12.1. The normalized spacial score (nSPS) is 21.1. The molecular formula is C14H24N4OS. The average molecular weight is 296 g/mol. The van der Waals surface area contributed by atoms with Gasteiger partial charge in [-0.3, -0.25) is 9.69 Å². The van der Waals surface area contributed by atoms with Crippen molar-refractivity contribution in [1.82, 2.24) is 14.8 Å². The molecule has 0 bridgehead atoms. The lowest BCUT2D eigenvalue weighted by molar-refractivity contribution is -0.118. The second-order valence-corrected chi connectivity index (χ2v) is 6.71. The molecule has 1 aromatic heterocycles. The van der Waals surface area contributed by atoms with Gasteiger partial charge in [-0.2, -0.15) is 0 Å². The van der Waals surface area contributed by atoms with Crippen molar-refractivity contribution in [3.63, 3.8) is 0 Å². The summed E-state index contributed by atoms with van der Waals surface area (Å²) in [6.45, 7) is 9.74. The number of likely N-dealkylation sites (N-methyl/N-ethyl adjacent to an activating group) is 1. The molecule has 1 amide bonds.